The number of thiophene rings is 1. The van der Waals surface area contributed by atoms with Gasteiger partial charge >= 0.3 is 5.97 Å². The van der Waals surface area contributed by atoms with E-state index in [-0.39, 0.29) is 12.1 Å². The highest BCUT2D eigenvalue weighted by molar-refractivity contribution is 7.10. The van der Waals surface area contributed by atoms with E-state index in [4.69, 9.17) is 9.47 Å². The number of anilines is 1. The van der Waals surface area contributed by atoms with E-state index in [9.17, 15) is 4.79 Å². The number of carbonyl (C=O) groups is 1. The third-order valence-electron chi connectivity index (χ3n) is 4.49. The summed E-state index contributed by atoms with van der Waals surface area (Å²) in [6, 6.07) is 12.0. The molecule has 3 heterocycles. The van der Waals surface area contributed by atoms with E-state index in [1.54, 1.807) is 17.5 Å². The molecule has 0 aliphatic carbocycles. The van der Waals surface area contributed by atoms with E-state index in [0.29, 0.717) is 25.3 Å². The van der Waals surface area contributed by atoms with Crippen molar-refractivity contribution in [3.8, 4) is 0 Å². The molecule has 1 saturated heterocycles. The topological polar surface area (TPSA) is 51.7 Å². The summed E-state index contributed by atoms with van der Waals surface area (Å²) in [6.45, 7) is 4.18. The molecule has 6 heteroatoms. The molecule has 1 fully saturated rings. The van der Waals surface area contributed by atoms with Crippen LogP contribution in [0.4, 0.5) is 5.69 Å². The van der Waals surface area contributed by atoms with Gasteiger partial charge in [-0.3, -0.25) is 4.98 Å². The van der Waals surface area contributed by atoms with Crippen LogP contribution >= 0.6 is 11.3 Å². The number of esters is 1. The van der Waals surface area contributed by atoms with Gasteiger partial charge in [0, 0.05) is 29.5 Å². The zero-order chi connectivity index (χ0) is 17.9. The van der Waals surface area contributed by atoms with E-state index in [0.717, 1.165) is 23.1 Å². The number of rotatable bonds is 4. The third-order valence-corrected chi connectivity index (χ3v) is 5.45. The second-order valence-electron chi connectivity index (χ2n) is 6.08. The molecule has 0 spiro atoms. The Balaban J connectivity index is 1.78. The van der Waals surface area contributed by atoms with Gasteiger partial charge in [0.2, 0.25) is 0 Å². The summed E-state index contributed by atoms with van der Waals surface area (Å²) < 4.78 is 11.2. The molecule has 2 aromatic heterocycles. The van der Waals surface area contributed by atoms with Crippen molar-refractivity contribution >= 4 is 33.9 Å². The number of nitrogens with zero attached hydrogens (tertiary/aromatic N) is 2. The summed E-state index contributed by atoms with van der Waals surface area (Å²) >= 11 is 1.69. The zero-order valence-corrected chi connectivity index (χ0v) is 15.4. The first-order chi connectivity index (χ1) is 12.8. The first-order valence-corrected chi connectivity index (χ1v) is 9.60. The fourth-order valence-corrected chi connectivity index (χ4v) is 4.09. The minimum atomic E-state index is -0.333. The van der Waals surface area contributed by atoms with Gasteiger partial charge in [-0.1, -0.05) is 24.3 Å². The SMILES string of the molecule is CCOC(=O)c1cnc2ccccc2c1N1CCOC(c2cccs2)C1. The lowest BCUT2D eigenvalue weighted by atomic mass is 10.1. The smallest absolute Gasteiger partial charge is 0.341 e. The molecule has 0 saturated carbocycles. The molecule has 5 nitrogen and oxygen atoms in total. The van der Waals surface area contributed by atoms with Crippen molar-refractivity contribution in [1.29, 1.82) is 0 Å². The van der Waals surface area contributed by atoms with Gasteiger partial charge in [-0.25, -0.2) is 4.79 Å². The normalized spacial score (nSPS) is 17.4. The molecule has 1 aliphatic heterocycles. The van der Waals surface area contributed by atoms with Gasteiger partial charge < -0.3 is 14.4 Å². The second-order valence-corrected chi connectivity index (χ2v) is 7.06. The monoisotopic (exact) mass is 368 g/mol. The van der Waals surface area contributed by atoms with Crippen LogP contribution in [0.3, 0.4) is 0 Å². The van der Waals surface area contributed by atoms with Crippen LogP contribution in [0.15, 0.2) is 48.0 Å². The molecule has 134 valence electrons. The Morgan fingerprint density at radius 2 is 2.23 bits per heavy atom. The predicted molar refractivity (Wildman–Crippen MR) is 103 cm³/mol. The standard InChI is InChI=1S/C20H20N2O3S/c1-2-24-20(23)15-12-21-16-7-4-3-6-14(16)19(15)22-9-10-25-17(13-22)18-8-5-11-26-18/h3-8,11-12,17H,2,9-10,13H2,1H3. The largest absolute Gasteiger partial charge is 0.462 e. The molecule has 0 N–H and O–H groups in total. The van der Waals surface area contributed by atoms with E-state index < -0.39 is 0 Å². The Kier molecular flexibility index (Phi) is 4.86. The summed E-state index contributed by atoms with van der Waals surface area (Å²) in [5.74, 6) is -0.333. The Bertz CT molecular complexity index is 911. The Labute approximate surface area is 156 Å². The van der Waals surface area contributed by atoms with Crippen molar-refractivity contribution in [2.24, 2.45) is 0 Å². The number of pyridine rings is 1. The van der Waals surface area contributed by atoms with E-state index in [2.05, 4.69) is 21.3 Å². The van der Waals surface area contributed by atoms with Crippen LogP contribution in [0.2, 0.25) is 0 Å². The molecule has 0 amide bonds. The van der Waals surface area contributed by atoms with Gasteiger partial charge in [0.05, 0.1) is 24.4 Å². The molecule has 26 heavy (non-hydrogen) atoms. The molecule has 0 radical (unpaired) electrons. The van der Waals surface area contributed by atoms with Gasteiger partial charge in [-0.05, 0) is 24.4 Å². The summed E-state index contributed by atoms with van der Waals surface area (Å²) in [7, 11) is 0. The first kappa shape index (κ1) is 17.0. The zero-order valence-electron chi connectivity index (χ0n) is 14.6. The Hall–Kier alpha value is -2.44. The highest BCUT2D eigenvalue weighted by Crippen LogP contribution is 2.34. The number of benzene rings is 1. The minimum Gasteiger partial charge on any atom is -0.462 e. The van der Waals surface area contributed by atoms with Gasteiger partial charge in [-0.2, -0.15) is 0 Å². The fraction of sp³-hybridized carbons (Fsp3) is 0.300. The molecular formula is C20H20N2O3S. The number of hydrogen-bond acceptors (Lipinski definition) is 6. The minimum absolute atomic E-state index is 0.00530. The third kappa shape index (κ3) is 3.18. The number of hydrogen-bond donors (Lipinski definition) is 0. The second kappa shape index (κ2) is 7.43. The van der Waals surface area contributed by atoms with Crippen molar-refractivity contribution in [2.75, 3.05) is 31.2 Å². The molecule has 4 rings (SSSR count). The number of fused-ring (bicyclic) bond motifs is 1. The summed E-state index contributed by atoms with van der Waals surface area (Å²) in [4.78, 5) is 20.4. The van der Waals surface area contributed by atoms with Gasteiger partial charge in [0.25, 0.3) is 0 Å². The van der Waals surface area contributed by atoms with Crippen molar-refractivity contribution < 1.29 is 14.3 Å². The van der Waals surface area contributed by atoms with Gasteiger partial charge in [0.15, 0.2) is 0 Å². The van der Waals surface area contributed by atoms with Crippen molar-refractivity contribution in [3.05, 3.63) is 58.4 Å². The predicted octanol–water partition coefficient (Wildman–Crippen LogP) is 4.05. The number of ether oxygens (including phenoxy) is 2. The van der Waals surface area contributed by atoms with Crippen molar-refractivity contribution in [2.45, 2.75) is 13.0 Å². The number of para-hydroxylation sites is 1. The first-order valence-electron chi connectivity index (χ1n) is 8.72. The van der Waals surface area contributed by atoms with E-state index in [1.165, 1.54) is 4.88 Å². The fourth-order valence-electron chi connectivity index (χ4n) is 3.32. The quantitative estimate of drug-likeness (QED) is 0.650. The molecule has 1 atom stereocenters. The van der Waals surface area contributed by atoms with E-state index in [1.807, 2.05) is 37.3 Å². The van der Waals surface area contributed by atoms with Crippen LogP contribution in [0.25, 0.3) is 10.9 Å². The molecule has 1 aliphatic rings. The average Bonchev–Trinajstić information content (AvgIpc) is 3.22. The molecule has 3 aromatic rings. The van der Waals surface area contributed by atoms with E-state index >= 15 is 0 Å². The molecule has 1 unspecified atom stereocenters. The van der Waals surface area contributed by atoms with Crippen LogP contribution in [-0.4, -0.2) is 37.3 Å². The highest BCUT2D eigenvalue weighted by atomic mass is 32.1. The lowest BCUT2D eigenvalue weighted by Crippen LogP contribution is -2.39. The van der Waals surface area contributed by atoms with Gasteiger partial charge in [0.1, 0.15) is 11.7 Å². The van der Waals surface area contributed by atoms with Crippen molar-refractivity contribution in [1.82, 2.24) is 4.98 Å². The number of carbonyl (C=O) groups excluding carboxylic acids is 1. The Morgan fingerprint density at radius 3 is 3.04 bits per heavy atom. The average molecular weight is 368 g/mol. The van der Waals surface area contributed by atoms with Crippen molar-refractivity contribution in [3.63, 3.8) is 0 Å². The summed E-state index contributed by atoms with van der Waals surface area (Å²) in [5, 5.41) is 3.02. The summed E-state index contributed by atoms with van der Waals surface area (Å²) in [6.07, 6.45) is 1.64. The highest BCUT2D eigenvalue weighted by Gasteiger charge is 2.28. The van der Waals surface area contributed by atoms with Crippen LogP contribution in [0.1, 0.15) is 28.3 Å². The van der Waals surface area contributed by atoms with Gasteiger partial charge in [-0.15, -0.1) is 11.3 Å². The lowest BCUT2D eigenvalue weighted by Gasteiger charge is -2.35. The van der Waals surface area contributed by atoms with Crippen LogP contribution < -0.4 is 4.90 Å². The maximum atomic E-state index is 12.5. The Morgan fingerprint density at radius 1 is 1.35 bits per heavy atom. The summed E-state index contributed by atoms with van der Waals surface area (Å²) in [5.41, 5.74) is 2.27. The molecule has 1 aromatic carbocycles. The molecular weight excluding hydrogens is 348 g/mol. The van der Waals surface area contributed by atoms with Crippen LogP contribution in [-0.2, 0) is 9.47 Å². The number of morpholine rings is 1. The number of aromatic nitrogens is 1. The lowest BCUT2D eigenvalue weighted by molar-refractivity contribution is 0.0415. The maximum Gasteiger partial charge on any atom is 0.341 e. The maximum absolute atomic E-state index is 12.5. The van der Waals surface area contributed by atoms with Crippen LogP contribution in [0.5, 0.6) is 0 Å². The molecule has 0 bridgehead atoms. The van der Waals surface area contributed by atoms with Crippen LogP contribution in [0, 0.1) is 0 Å².